The van der Waals surface area contributed by atoms with E-state index in [9.17, 15) is 9.90 Å². The first-order valence-electron chi connectivity index (χ1n) is 7.49. The highest BCUT2D eigenvalue weighted by Gasteiger charge is 2.09. The number of carbonyl (C=O) groups excluding carboxylic acids is 1. The maximum absolute atomic E-state index is 11.8. The van der Waals surface area contributed by atoms with Crippen LogP contribution in [0.25, 0.3) is 0 Å². The van der Waals surface area contributed by atoms with Gasteiger partial charge in [0.05, 0.1) is 18.3 Å². The topological polar surface area (TPSA) is 80.2 Å². The van der Waals surface area contributed by atoms with Crippen LogP contribution in [0.3, 0.4) is 0 Å². The fraction of sp³-hybridized carbons (Fsp3) is 0.222. The molecule has 2 aromatic carbocycles. The highest BCUT2D eigenvalue weighted by molar-refractivity contribution is 6.32. The van der Waals surface area contributed by atoms with Gasteiger partial charge < -0.3 is 14.6 Å². The number of halogens is 1. The van der Waals surface area contributed by atoms with E-state index in [1.807, 2.05) is 32.0 Å². The van der Waals surface area contributed by atoms with E-state index in [4.69, 9.17) is 21.1 Å². The van der Waals surface area contributed by atoms with Gasteiger partial charge in [0.15, 0.2) is 18.1 Å². The van der Waals surface area contributed by atoms with Gasteiger partial charge >= 0.3 is 0 Å². The van der Waals surface area contributed by atoms with Crippen molar-refractivity contribution in [3.05, 3.63) is 52.0 Å². The number of hydrazone groups is 1. The third kappa shape index (κ3) is 4.87. The minimum absolute atomic E-state index is 0.130. The molecule has 0 heterocycles. The molecule has 0 aliphatic carbocycles. The first-order valence-corrected chi connectivity index (χ1v) is 7.87. The fourth-order valence-electron chi connectivity index (χ4n) is 2.20. The van der Waals surface area contributed by atoms with Crippen LogP contribution in [0.15, 0.2) is 35.4 Å². The number of aromatic hydroxyl groups is 1. The lowest BCUT2D eigenvalue weighted by atomic mass is 10.1. The van der Waals surface area contributed by atoms with E-state index in [1.165, 1.54) is 19.4 Å². The van der Waals surface area contributed by atoms with Crippen LogP contribution >= 0.6 is 11.6 Å². The van der Waals surface area contributed by atoms with Crippen molar-refractivity contribution in [1.29, 1.82) is 0 Å². The number of aryl methyl sites for hydroxylation is 2. The van der Waals surface area contributed by atoms with Crippen LogP contribution in [0.5, 0.6) is 17.2 Å². The van der Waals surface area contributed by atoms with Crippen LogP contribution in [0.4, 0.5) is 0 Å². The lowest BCUT2D eigenvalue weighted by Gasteiger charge is -2.10. The Bertz CT molecular complexity index is 786. The Morgan fingerprint density at radius 1 is 1.32 bits per heavy atom. The number of para-hydroxylation sites is 1. The van der Waals surface area contributed by atoms with Crippen molar-refractivity contribution in [3.8, 4) is 17.2 Å². The number of rotatable bonds is 6. The summed E-state index contributed by atoms with van der Waals surface area (Å²) in [5, 5.41) is 13.6. The molecule has 2 rings (SSSR count). The predicted molar refractivity (Wildman–Crippen MR) is 96.8 cm³/mol. The van der Waals surface area contributed by atoms with Crippen LogP contribution in [0.2, 0.25) is 5.02 Å². The second-order valence-corrected chi connectivity index (χ2v) is 5.76. The average Bonchev–Trinajstić information content (AvgIpc) is 2.57. The van der Waals surface area contributed by atoms with Crippen molar-refractivity contribution in [2.45, 2.75) is 13.8 Å². The van der Waals surface area contributed by atoms with Crippen molar-refractivity contribution in [1.82, 2.24) is 5.43 Å². The first kappa shape index (κ1) is 18.6. The number of amides is 1. The monoisotopic (exact) mass is 362 g/mol. The van der Waals surface area contributed by atoms with E-state index >= 15 is 0 Å². The number of hydrogen-bond acceptors (Lipinski definition) is 5. The molecule has 0 aliphatic heterocycles. The van der Waals surface area contributed by atoms with Crippen molar-refractivity contribution in [2.75, 3.05) is 13.7 Å². The molecule has 1 amide bonds. The molecule has 0 spiro atoms. The minimum atomic E-state index is -0.393. The summed E-state index contributed by atoms with van der Waals surface area (Å²) in [7, 11) is 1.42. The number of methoxy groups -OCH3 is 1. The molecule has 0 atom stereocenters. The molecule has 2 N–H and O–H groups in total. The molecule has 0 saturated carbocycles. The summed E-state index contributed by atoms with van der Waals surface area (Å²) in [6.45, 7) is 3.68. The number of nitrogens with zero attached hydrogens (tertiary/aromatic N) is 1. The number of ether oxygens (including phenoxy) is 2. The summed E-state index contributed by atoms with van der Waals surface area (Å²) < 4.78 is 10.5. The number of nitrogens with one attached hydrogen (secondary N) is 1. The van der Waals surface area contributed by atoms with Crippen LogP contribution in [-0.2, 0) is 4.79 Å². The Hall–Kier alpha value is -2.73. The Morgan fingerprint density at radius 2 is 2.00 bits per heavy atom. The second-order valence-electron chi connectivity index (χ2n) is 5.36. The fourth-order valence-corrected chi connectivity index (χ4v) is 2.42. The molecular formula is C18H19ClN2O4. The maximum Gasteiger partial charge on any atom is 0.277 e. The molecule has 0 saturated heterocycles. The van der Waals surface area contributed by atoms with Gasteiger partial charge in [0.2, 0.25) is 0 Å². The van der Waals surface area contributed by atoms with Crippen molar-refractivity contribution >= 4 is 23.7 Å². The van der Waals surface area contributed by atoms with Gasteiger partial charge in [-0.3, -0.25) is 4.79 Å². The second kappa shape index (κ2) is 8.39. The van der Waals surface area contributed by atoms with Crippen molar-refractivity contribution in [3.63, 3.8) is 0 Å². The highest BCUT2D eigenvalue weighted by Crippen LogP contribution is 2.34. The van der Waals surface area contributed by atoms with Gasteiger partial charge in [-0.05, 0) is 42.7 Å². The number of hydrogen-bond donors (Lipinski definition) is 2. The summed E-state index contributed by atoms with van der Waals surface area (Å²) >= 11 is 5.89. The van der Waals surface area contributed by atoms with Crippen molar-refractivity contribution < 1.29 is 19.4 Å². The molecule has 2 aromatic rings. The van der Waals surface area contributed by atoms with Gasteiger partial charge in [0.1, 0.15) is 5.75 Å². The summed E-state index contributed by atoms with van der Waals surface area (Å²) in [6.07, 6.45) is 1.39. The van der Waals surface area contributed by atoms with Crippen LogP contribution in [0, 0.1) is 13.8 Å². The molecule has 0 aromatic heterocycles. The van der Waals surface area contributed by atoms with Gasteiger partial charge in [0, 0.05) is 0 Å². The maximum atomic E-state index is 11.8. The molecule has 0 fully saturated rings. The van der Waals surface area contributed by atoms with Crippen LogP contribution in [0.1, 0.15) is 16.7 Å². The lowest BCUT2D eigenvalue weighted by molar-refractivity contribution is -0.123. The average molecular weight is 363 g/mol. The van der Waals surface area contributed by atoms with Crippen LogP contribution < -0.4 is 14.9 Å². The van der Waals surface area contributed by atoms with Gasteiger partial charge in [-0.25, -0.2) is 5.43 Å². The lowest BCUT2D eigenvalue weighted by Crippen LogP contribution is -2.25. The predicted octanol–water partition coefficient (Wildman–Crippen LogP) is 3.20. The summed E-state index contributed by atoms with van der Waals surface area (Å²) in [4.78, 5) is 11.8. The van der Waals surface area contributed by atoms with Gasteiger partial charge in [-0.1, -0.05) is 29.8 Å². The Morgan fingerprint density at radius 3 is 2.64 bits per heavy atom. The number of phenolic OH excluding ortho intramolecular Hbond substituents is 1. The standard InChI is InChI=1S/C18H19ClN2O4/c1-11-5-4-6-12(2)18(11)25-10-16(22)21-20-9-13-7-14(19)17(23)15(8-13)24-3/h4-9,23H,10H2,1-3H3,(H,21,22)/b20-9-. The molecule has 0 unspecified atom stereocenters. The Kier molecular flexibility index (Phi) is 6.25. The summed E-state index contributed by atoms with van der Waals surface area (Å²) in [5.41, 5.74) is 4.86. The third-order valence-corrected chi connectivity index (χ3v) is 3.72. The third-order valence-electron chi connectivity index (χ3n) is 3.43. The molecule has 0 bridgehead atoms. The molecule has 132 valence electrons. The van der Waals surface area contributed by atoms with Crippen molar-refractivity contribution in [2.24, 2.45) is 5.10 Å². The van der Waals surface area contributed by atoms with Crippen LogP contribution in [-0.4, -0.2) is 30.9 Å². The quantitative estimate of drug-likeness (QED) is 0.611. The largest absolute Gasteiger partial charge is 0.503 e. The zero-order chi connectivity index (χ0) is 18.4. The number of carbonyl (C=O) groups is 1. The molecule has 25 heavy (non-hydrogen) atoms. The first-order chi connectivity index (χ1) is 11.9. The summed E-state index contributed by atoms with van der Waals surface area (Å²) in [5.74, 6) is 0.374. The highest BCUT2D eigenvalue weighted by atomic mass is 35.5. The molecule has 6 nitrogen and oxygen atoms in total. The van der Waals surface area contributed by atoms with Gasteiger partial charge in [0.25, 0.3) is 5.91 Å². The number of phenols is 1. The van der Waals surface area contributed by atoms with Gasteiger partial charge in [-0.15, -0.1) is 0 Å². The minimum Gasteiger partial charge on any atom is -0.503 e. The smallest absolute Gasteiger partial charge is 0.277 e. The molecular weight excluding hydrogens is 344 g/mol. The molecule has 0 aliphatic rings. The Balaban J connectivity index is 1.94. The molecule has 0 radical (unpaired) electrons. The Labute approximate surface area is 151 Å². The van der Waals surface area contributed by atoms with E-state index in [0.717, 1.165) is 11.1 Å². The van der Waals surface area contributed by atoms with E-state index in [-0.39, 0.29) is 23.1 Å². The number of benzene rings is 2. The normalized spacial score (nSPS) is 10.7. The van der Waals surface area contributed by atoms with E-state index in [1.54, 1.807) is 6.07 Å². The summed E-state index contributed by atoms with van der Waals surface area (Å²) in [6, 6.07) is 8.81. The SMILES string of the molecule is COc1cc(/C=N\NC(=O)COc2c(C)cccc2C)cc(Cl)c1O. The zero-order valence-corrected chi connectivity index (χ0v) is 14.9. The molecule has 7 heteroatoms. The van der Waals surface area contributed by atoms with E-state index in [2.05, 4.69) is 10.5 Å². The zero-order valence-electron chi connectivity index (χ0n) is 14.2. The van der Waals surface area contributed by atoms with Gasteiger partial charge in [-0.2, -0.15) is 5.10 Å². The van der Waals surface area contributed by atoms with E-state index in [0.29, 0.717) is 11.3 Å². The van der Waals surface area contributed by atoms with E-state index < -0.39 is 5.91 Å².